The molecule has 1 nitrogen and oxygen atoms in total. The van der Waals surface area contributed by atoms with Crippen molar-refractivity contribution >= 4 is 0 Å². The second-order valence-corrected chi connectivity index (χ2v) is 3.41. The Balaban J connectivity index is 2.48. The summed E-state index contributed by atoms with van der Waals surface area (Å²) in [5.41, 5.74) is 2.81. The zero-order chi connectivity index (χ0) is 9.52. The lowest BCUT2D eigenvalue weighted by Crippen LogP contribution is -2.74. The third-order valence-electron chi connectivity index (χ3n) is 2.22. The van der Waals surface area contributed by atoms with Gasteiger partial charge in [0.15, 0.2) is 0 Å². The van der Waals surface area contributed by atoms with E-state index in [1.807, 2.05) is 5.32 Å². The summed E-state index contributed by atoms with van der Waals surface area (Å²) in [6.07, 6.45) is 3.78. The van der Waals surface area contributed by atoms with Gasteiger partial charge in [-0.2, -0.15) is 7.05 Å². The number of hydrogen-bond acceptors (Lipinski definition) is 0. The molecule has 0 spiro atoms. The van der Waals surface area contributed by atoms with Gasteiger partial charge in [0.2, 0.25) is 0 Å². The highest BCUT2D eigenvalue weighted by Gasteiger charge is 1.93. The van der Waals surface area contributed by atoms with Gasteiger partial charge in [0.1, 0.15) is 0 Å². The SMILES string of the molecule is [CH2-][NH2+]Cc1ccc(CCCC)cc1. The summed E-state index contributed by atoms with van der Waals surface area (Å²) in [7, 11) is 3.73. The Morgan fingerprint density at radius 1 is 1.15 bits per heavy atom. The van der Waals surface area contributed by atoms with Crippen molar-refractivity contribution in [3.63, 3.8) is 0 Å². The molecule has 0 saturated carbocycles. The third-order valence-corrected chi connectivity index (χ3v) is 2.22. The van der Waals surface area contributed by atoms with Gasteiger partial charge < -0.3 is 5.32 Å². The van der Waals surface area contributed by atoms with Gasteiger partial charge in [-0.3, -0.25) is 0 Å². The van der Waals surface area contributed by atoms with Crippen LogP contribution in [-0.2, 0) is 13.0 Å². The lowest BCUT2D eigenvalue weighted by atomic mass is 10.1. The lowest BCUT2D eigenvalue weighted by Gasteiger charge is -2.03. The first-order valence-electron chi connectivity index (χ1n) is 5.05. The highest BCUT2D eigenvalue weighted by molar-refractivity contribution is 5.21. The van der Waals surface area contributed by atoms with E-state index in [1.165, 1.54) is 30.4 Å². The zero-order valence-electron chi connectivity index (χ0n) is 8.42. The molecule has 72 valence electrons. The highest BCUT2D eigenvalue weighted by atomic mass is 14.8. The van der Waals surface area contributed by atoms with Gasteiger partial charge in [-0.1, -0.05) is 37.6 Å². The molecule has 0 radical (unpaired) electrons. The maximum atomic E-state index is 3.73. The van der Waals surface area contributed by atoms with Gasteiger partial charge in [-0.15, -0.1) is 0 Å². The zero-order valence-corrected chi connectivity index (χ0v) is 8.42. The van der Waals surface area contributed by atoms with Crippen LogP contribution in [-0.4, -0.2) is 0 Å². The minimum absolute atomic E-state index is 0.980. The van der Waals surface area contributed by atoms with Crippen LogP contribution in [0.15, 0.2) is 24.3 Å². The van der Waals surface area contributed by atoms with E-state index in [1.54, 1.807) is 0 Å². The number of unbranched alkanes of at least 4 members (excludes halogenated alkanes) is 1. The van der Waals surface area contributed by atoms with Crippen LogP contribution in [0.2, 0.25) is 0 Å². The van der Waals surface area contributed by atoms with E-state index in [0.29, 0.717) is 0 Å². The average Bonchev–Trinajstić information content (AvgIpc) is 2.17. The first-order chi connectivity index (χ1) is 6.36. The summed E-state index contributed by atoms with van der Waals surface area (Å²) >= 11 is 0. The molecule has 2 N–H and O–H groups in total. The minimum Gasteiger partial charge on any atom is -0.475 e. The first-order valence-corrected chi connectivity index (χ1v) is 5.05. The first kappa shape index (κ1) is 10.3. The molecular formula is C12H19N. The Hall–Kier alpha value is -0.820. The van der Waals surface area contributed by atoms with E-state index in [2.05, 4.69) is 38.2 Å². The van der Waals surface area contributed by atoms with Gasteiger partial charge >= 0.3 is 0 Å². The predicted molar refractivity (Wildman–Crippen MR) is 56.0 cm³/mol. The molecule has 0 fully saturated rings. The molecule has 0 amide bonds. The Morgan fingerprint density at radius 2 is 1.77 bits per heavy atom. The summed E-state index contributed by atoms with van der Waals surface area (Å²) in [5, 5.41) is 1.95. The Morgan fingerprint density at radius 3 is 2.31 bits per heavy atom. The molecule has 0 atom stereocenters. The molecular weight excluding hydrogens is 158 g/mol. The maximum Gasteiger partial charge on any atom is 0.0773 e. The summed E-state index contributed by atoms with van der Waals surface area (Å²) in [4.78, 5) is 0. The largest absolute Gasteiger partial charge is 0.475 e. The van der Waals surface area contributed by atoms with Crippen LogP contribution in [0.1, 0.15) is 30.9 Å². The molecule has 0 aliphatic carbocycles. The number of hydrogen-bond donors (Lipinski definition) is 1. The lowest BCUT2D eigenvalue weighted by molar-refractivity contribution is -0.612. The monoisotopic (exact) mass is 177 g/mol. The number of quaternary nitrogens is 1. The Bertz CT molecular complexity index is 225. The van der Waals surface area contributed by atoms with Gasteiger partial charge in [-0.05, 0) is 18.4 Å². The van der Waals surface area contributed by atoms with Crippen molar-refractivity contribution in [2.24, 2.45) is 0 Å². The van der Waals surface area contributed by atoms with Crippen molar-refractivity contribution in [2.45, 2.75) is 32.7 Å². The standard InChI is InChI=1S/C12H19N/c1-3-4-5-11-6-8-12(9-7-11)10-13-2/h6-9H,2-5,10,13H2,1H3. The molecule has 1 heteroatoms. The summed E-state index contributed by atoms with van der Waals surface area (Å²) in [5.74, 6) is 0. The van der Waals surface area contributed by atoms with Crippen molar-refractivity contribution in [2.75, 3.05) is 0 Å². The van der Waals surface area contributed by atoms with Crippen LogP contribution in [0.3, 0.4) is 0 Å². The van der Waals surface area contributed by atoms with E-state index in [9.17, 15) is 0 Å². The Kier molecular flexibility index (Phi) is 4.55. The van der Waals surface area contributed by atoms with Crippen LogP contribution in [0.5, 0.6) is 0 Å². The predicted octanol–water partition coefficient (Wildman–Crippen LogP) is 1.88. The summed E-state index contributed by atoms with van der Waals surface area (Å²) in [6.45, 7) is 3.21. The second-order valence-electron chi connectivity index (χ2n) is 3.41. The summed E-state index contributed by atoms with van der Waals surface area (Å²) in [6, 6.07) is 8.86. The second kappa shape index (κ2) is 5.76. The van der Waals surface area contributed by atoms with E-state index in [4.69, 9.17) is 0 Å². The third kappa shape index (κ3) is 3.60. The molecule has 0 aromatic heterocycles. The van der Waals surface area contributed by atoms with Crippen molar-refractivity contribution in [3.05, 3.63) is 42.4 Å². The fraction of sp³-hybridized carbons (Fsp3) is 0.417. The topological polar surface area (TPSA) is 16.6 Å². The molecule has 0 aliphatic rings. The van der Waals surface area contributed by atoms with E-state index < -0.39 is 0 Å². The highest BCUT2D eigenvalue weighted by Crippen LogP contribution is 2.06. The van der Waals surface area contributed by atoms with Crippen LogP contribution in [0.25, 0.3) is 0 Å². The average molecular weight is 177 g/mol. The number of benzene rings is 1. The number of nitrogens with two attached hydrogens (primary N) is 1. The van der Waals surface area contributed by atoms with E-state index in [-0.39, 0.29) is 0 Å². The molecule has 0 heterocycles. The smallest absolute Gasteiger partial charge is 0.0773 e. The van der Waals surface area contributed by atoms with Crippen molar-refractivity contribution in [1.29, 1.82) is 0 Å². The van der Waals surface area contributed by atoms with Crippen LogP contribution >= 0.6 is 0 Å². The van der Waals surface area contributed by atoms with Gasteiger partial charge in [-0.25, -0.2) is 0 Å². The molecule has 1 aromatic carbocycles. The maximum absolute atomic E-state index is 3.73. The van der Waals surface area contributed by atoms with Gasteiger partial charge in [0, 0.05) is 5.56 Å². The Labute approximate surface area is 81.2 Å². The summed E-state index contributed by atoms with van der Waals surface area (Å²) < 4.78 is 0. The molecule has 13 heavy (non-hydrogen) atoms. The molecule has 1 rings (SSSR count). The van der Waals surface area contributed by atoms with Crippen molar-refractivity contribution in [1.82, 2.24) is 0 Å². The molecule has 1 aromatic rings. The van der Waals surface area contributed by atoms with Crippen molar-refractivity contribution in [3.8, 4) is 0 Å². The van der Waals surface area contributed by atoms with Gasteiger partial charge in [0.05, 0.1) is 6.54 Å². The van der Waals surface area contributed by atoms with Crippen LogP contribution < -0.4 is 5.32 Å². The number of rotatable bonds is 5. The molecule has 0 saturated heterocycles. The fourth-order valence-corrected chi connectivity index (χ4v) is 1.39. The van der Waals surface area contributed by atoms with E-state index in [0.717, 1.165) is 6.54 Å². The molecule has 0 bridgehead atoms. The molecule has 0 aliphatic heterocycles. The van der Waals surface area contributed by atoms with Crippen molar-refractivity contribution < 1.29 is 5.32 Å². The van der Waals surface area contributed by atoms with Gasteiger partial charge in [0.25, 0.3) is 0 Å². The fourth-order valence-electron chi connectivity index (χ4n) is 1.39. The minimum atomic E-state index is 0.980. The van der Waals surface area contributed by atoms with Crippen LogP contribution in [0.4, 0.5) is 0 Å². The molecule has 0 unspecified atom stereocenters. The quantitative estimate of drug-likeness (QED) is 0.661. The normalized spacial score (nSPS) is 10.3. The van der Waals surface area contributed by atoms with Crippen LogP contribution in [0, 0.1) is 7.05 Å². The van der Waals surface area contributed by atoms with E-state index >= 15 is 0 Å². The number of aryl methyl sites for hydroxylation is 1.